The SMILES string of the molecule is O=C(Nc1ccc2cc[nH]c2c1)NC(CC(O)CO)c1ccc2c(c1)N(Cc1ccccc1)CCO2. The van der Waals surface area contributed by atoms with Gasteiger partial charge in [-0.3, -0.25) is 0 Å². The zero-order chi connectivity index (χ0) is 24.9. The topological polar surface area (TPSA) is 110 Å². The molecule has 2 amide bonds. The number of ether oxygens (including phenoxy) is 1. The van der Waals surface area contributed by atoms with Crippen molar-refractivity contribution in [3.63, 3.8) is 0 Å². The number of carbonyl (C=O) groups is 1. The van der Waals surface area contributed by atoms with Crippen molar-refractivity contribution in [1.82, 2.24) is 10.3 Å². The fourth-order valence-electron chi connectivity index (χ4n) is 4.55. The normalized spacial score (nSPS) is 14.6. The van der Waals surface area contributed by atoms with E-state index in [-0.39, 0.29) is 6.42 Å². The number of H-pyrrole nitrogens is 1. The van der Waals surface area contributed by atoms with Gasteiger partial charge in [0.15, 0.2) is 0 Å². The number of rotatable bonds is 8. The van der Waals surface area contributed by atoms with Crippen LogP contribution < -0.4 is 20.3 Å². The second-order valence-corrected chi connectivity index (χ2v) is 8.99. The molecule has 8 heteroatoms. The Hall–Kier alpha value is -4.01. The molecule has 1 aliphatic heterocycles. The number of aromatic nitrogens is 1. The molecule has 1 aliphatic rings. The Morgan fingerprint density at radius 2 is 1.94 bits per heavy atom. The molecule has 8 nitrogen and oxygen atoms in total. The number of urea groups is 1. The predicted octanol–water partition coefficient (Wildman–Crippen LogP) is 4.17. The summed E-state index contributed by atoms with van der Waals surface area (Å²) in [4.78, 5) is 18.3. The quantitative estimate of drug-likeness (QED) is 0.257. The number of nitrogens with one attached hydrogen (secondary N) is 3. The first-order chi connectivity index (χ1) is 17.6. The third-order valence-corrected chi connectivity index (χ3v) is 6.40. The van der Waals surface area contributed by atoms with E-state index in [4.69, 9.17) is 4.74 Å². The number of carbonyl (C=O) groups excluding carboxylic acids is 1. The Morgan fingerprint density at radius 3 is 2.78 bits per heavy atom. The number of amides is 2. The summed E-state index contributed by atoms with van der Waals surface area (Å²) in [6, 6.07) is 22.7. The summed E-state index contributed by atoms with van der Waals surface area (Å²) in [6.45, 7) is 1.68. The molecule has 4 aromatic rings. The molecule has 0 fully saturated rings. The highest BCUT2D eigenvalue weighted by molar-refractivity contribution is 5.92. The lowest BCUT2D eigenvalue weighted by Gasteiger charge is -2.32. The third kappa shape index (κ3) is 5.45. The highest BCUT2D eigenvalue weighted by Crippen LogP contribution is 2.36. The van der Waals surface area contributed by atoms with Crippen molar-refractivity contribution in [3.05, 3.63) is 90.1 Å². The van der Waals surface area contributed by atoms with Crippen molar-refractivity contribution in [1.29, 1.82) is 0 Å². The van der Waals surface area contributed by atoms with Gasteiger partial charge < -0.3 is 35.5 Å². The average molecular weight is 487 g/mol. The van der Waals surface area contributed by atoms with Crippen LogP contribution in [0, 0.1) is 0 Å². The number of hydrogen-bond acceptors (Lipinski definition) is 5. The molecule has 186 valence electrons. The van der Waals surface area contributed by atoms with Gasteiger partial charge in [0.2, 0.25) is 0 Å². The standard InChI is InChI=1S/C28H30N4O4/c33-18-23(34)16-25(31-28(35)30-22-8-6-20-10-11-29-24(20)15-22)21-7-9-27-26(14-21)32(12-13-36-27)17-19-4-2-1-3-5-19/h1-11,14-15,23,25,29,33-34H,12-13,16-18H2,(H2,30,31,35). The van der Waals surface area contributed by atoms with Gasteiger partial charge in [-0.2, -0.15) is 0 Å². The van der Waals surface area contributed by atoms with Crippen LogP contribution in [-0.4, -0.2) is 47.1 Å². The number of fused-ring (bicyclic) bond motifs is 2. The Labute approximate surface area is 209 Å². The number of anilines is 2. The van der Waals surface area contributed by atoms with E-state index >= 15 is 0 Å². The number of benzene rings is 3. The van der Waals surface area contributed by atoms with Crippen LogP contribution in [0.1, 0.15) is 23.6 Å². The van der Waals surface area contributed by atoms with Gasteiger partial charge in [-0.1, -0.05) is 42.5 Å². The zero-order valence-electron chi connectivity index (χ0n) is 19.9. The molecule has 2 unspecified atom stereocenters. The van der Waals surface area contributed by atoms with Crippen molar-refractivity contribution < 1.29 is 19.7 Å². The Balaban J connectivity index is 1.36. The first-order valence-corrected chi connectivity index (χ1v) is 12.1. The Kier molecular flexibility index (Phi) is 7.06. The van der Waals surface area contributed by atoms with Crippen LogP contribution in [0.5, 0.6) is 5.75 Å². The minimum absolute atomic E-state index is 0.165. The van der Waals surface area contributed by atoms with Crippen LogP contribution in [0.4, 0.5) is 16.2 Å². The molecule has 0 bridgehead atoms. The van der Waals surface area contributed by atoms with Gasteiger partial charge in [0, 0.05) is 30.4 Å². The van der Waals surface area contributed by atoms with Crippen molar-refractivity contribution in [2.45, 2.75) is 25.1 Å². The van der Waals surface area contributed by atoms with Crippen LogP contribution in [-0.2, 0) is 6.54 Å². The number of nitrogens with zero attached hydrogens (tertiary/aromatic N) is 1. The van der Waals surface area contributed by atoms with Gasteiger partial charge in [0.1, 0.15) is 12.4 Å². The smallest absolute Gasteiger partial charge is 0.319 e. The summed E-state index contributed by atoms with van der Waals surface area (Å²) in [5, 5.41) is 26.6. The summed E-state index contributed by atoms with van der Waals surface area (Å²) in [5.74, 6) is 0.783. The van der Waals surface area contributed by atoms with Crippen LogP contribution in [0.15, 0.2) is 79.0 Å². The second kappa shape index (κ2) is 10.7. The van der Waals surface area contributed by atoms with Crippen LogP contribution in [0.2, 0.25) is 0 Å². The maximum atomic E-state index is 12.9. The van der Waals surface area contributed by atoms with E-state index in [0.29, 0.717) is 12.3 Å². The van der Waals surface area contributed by atoms with Crippen LogP contribution in [0.25, 0.3) is 10.9 Å². The number of hydrogen-bond donors (Lipinski definition) is 5. The second-order valence-electron chi connectivity index (χ2n) is 8.99. The molecule has 3 aromatic carbocycles. The number of aromatic amines is 1. The molecule has 36 heavy (non-hydrogen) atoms. The van der Waals surface area contributed by atoms with Crippen molar-refractivity contribution in [3.8, 4) is 5.75 Å². The molecule has 5 N–H and O–H groups in total. The molecule has 0 spiro atoms. The Morgan fingerprint density at radius 1 is 1.08 bits per heavy atom. The first-order valence-electron chi connectivity index (χ1n) is 12.1. The lowest BCUT2D eigenvalue weighted by Crippen LogP contribution is -2.36. The lowest BCUT2D eigenvalue weighted by molar-refractivity contribution is 0.0801. The van der Waals surface area contributed by atoms with Crippen LogP contribution in [0.3, 0.4) is 0 Å². The lowest BCUT2D eigenvalue weighted by atomic mass is 9.99. The van der Waals surface area contributed by atoms with Gasteiger partial charge in [-0.15, -0.1) is 0 Å². The highest BCUT2D eigenvalue weighted by Gasteiger charge is 2.24. The third-order valence-electron chi connectivity index (χ3n) is 6.40. The summed E-state index contributed by atoms with van der Waals surface area (Å²) in [7, 11) is 0. The van der Waals surface area contributed by atoms with Crippen molar-refractivity contribution in [2.75, 3.05) is 30.0 Å². The van der Waals surface area contributed by atoms with E-state index in [1.807, 2.05) is 66.9 Å². The monoisotopic (exact) mass is 486 g/mol. The maximum Gasteiger partial charge on any atom is 0.319 e. The molecular formula is C28H30N4O4. The van der Waals surface area contributed by atoms with E-state index in [1.54, 1.807) is 0 Å². The fourth-order valence-corrected chi connectivity index (χ4v) is 4.55. The molecular weight excluding hydrogens is 456 g/mol. The molecule has 2 atom stereocenters. The minimum atomic E-state index is -0.974. The van der Waals surface area contributed by atoms with Gasteiger partial charge in [0.25, 0.3) is 0 Å². The van der Waals surface area contributed by atoms with Crippen molar-refractivity contribution in [2.24, 2.45) is 0 Å². The summed E-state index contributed by atoms with van der Waals surface area (Å²) in [6.07, 6.45) is 1.04. The molecule has 0 aliphatic carbocycles. The fraction of sp³-hybridized carbons (Fsp3) is 0.250. The van der Waals surface area contributed by atoms with E-state index < -0.39 is 24.8 Å². The first kappa shape index (κ1) is 23.7. The maximum absolute atomic E-state index is 12.9. The van der Waals surface area contributed by atoms with E-state index in [1.165, 1.54) is 5.56 Å². The van der Waals surface area contributed by atoms with Crippen molar-refractivity contribution >= 4 is 28.3 Å². The number of aliphatic hydroxyl groups is 2. The minimum Gasteiger partial charge on any atom is -0.490 e. The van der Waals surface area contributed by atoms with Gasteiger partial charge in [-0.25, -0.2) is 4.79 Å². The predicted molar refractivity (Wildman–Crippen MR) is 140 cm³/mol. The van der Waals surface area contributed by atoms with E-state index in [9.17, 15) is 15.0 Å². The van der Waals surface area contributed by atoms with Crippen LogP contribution >= 0.6 is 0 Å². The van der Waals surface area contributed by atoms with Gasteiger partial charge in [-0.05, 0) is 46.8 Å². The molecule has 5 rings (SSSR count). The van der Waals surface area contributed by atoms with Gasteiger partial charge >= 0.3 is 6.03 Å². The van der Waals surface area contributed by atoms with Gasteiger partial charge in [0.05, 0.1) is 31.0 Å². The highest BCUT2D eigenvalue weighted by atomic mass is 16.5. The molecule has 1 aromatic heterocycles. The van der Waals surface area contributed by atoms with E-state index in [2.05, 4.69) is 32.7 Å². The summed E-state index contributed by atoms with van der Waals surface area (Å²) in [5.41, 5.74) is 4.52. The summed E-state index contributed by atoms with van der Waals surface area (Å²) < 4.78 is 5.88. The molecule has 0 saturated heterocycles. The Bertz CT molecular complexity index is 1320. The largest absolute Gasteiger partial charge is 0.490 e. The zero-order valence-corrected chi connectivity index (χ0v) is 19.9. The molecule has 0 saturated carbocycles. The van der Waals surface area contributed by atoms with E-state index in [0.717, 1.165) is 41.0 Å². The molecule has 0 radical (unpaired) electrons. The number of aliphatic hydroxyl groups excluding tert-OH is 2. The average Bonchev–Trinajstić information content (AvgIpc) is 3.37. The summed E-state index contributed by atoms with van der Waals surface area (Å²) >= 11 is 0. The molecule has 2 heterocycles.